The number of benzene rings is 3. The molecule has 1 aliphatic rings. The molecular formula is C20H16N2O3. The summed E-state index contributed by atoms with van der Waals surface area (Å²) in [5, 5.41) is 6.50. The Labute approximate surface area is 144 Å². The van der Waals surface area contributed by atoms with Crippen molar-refractivity contribution in [3.05, 3.63) is 71.8 Å². The number of hydrogen-bond donors (Lipinski definition) is 1. The Morgan fingerprint density at radius 3 is 2.72 bits per heavy atom. The third kappa shape index (κ3) is 2.92. The van der Waals surface area contributed by atoms with Crippen LogP contribution in [0, 0.1) is 0 Å². The molecule has 5 nitrogen and oxygen atoms in total. The number of nitrogens with one attached hydrogen (secondary N) is 1. The van der Waals surface area contributed by atoms with Gasteiger partial charge in [-0.1, -0.05) is 42.5 Å². The summed E-state index contributed by atoms with van der Waals surface area (Å²) in [6, 6.07) is 19.2. The molecule has 0 unspecified atom stereocenters. The van der Waals surface area contributed by atoms with Gasteiger partial charge in [0.25, 0.3) is 5.91 Å². The standard InChI is InChI=1S/C20H16N2O3/c1-13(16-8-4-6-14-5-2-3-7-17(14)16)21-22-20(23)15-9-10-18-19(11-15)25-12-24-18/h2-11H,12H2,1H3,(H,22,23)/b21-13-. The lowest BCUT2D eigenvalue weighted by atomic mass is 10.0. The van der Waals surface area contributed by atoms with Crippen molar-refractivity contribution in [1.29, 1.82) is 0 Å². The molecular weight excluding hydrogens is 316 g/mol. The molecule has 0 atom stereocenters. The third-order valence-electron chi connectivity index (χ3n) is 4.14. The van der Waals surface area contributed by atoms with Gasteiger partial charge in [-0.3, -0.25) is 4.79 Å². The minimum atomic E-state index is -0.294. The lowest BCUT2D eigenvalue weighted by Crippen LogP contribution is -2.19. The Kier molecular flexibility index (Phi) is 3.82. The van der Waals surface area contributed by atoms with E-state index in [0.717, 1.165) is 22.0 Å². The molecule has 5 heteroatoms. The second-order valence-electron chi connectivity index (χ2n) is 5.73. The zero-order valence-corrected chi connectivity index (χ0v) is 13.7. The Bertz CT molecular complexity index is 990. The van der Waals surface area contributed by atoms with Crippen LogP contribution in [0.1, 0.15) is 22.8 Å². The highest BCUT2D eigenvalue weighted by atomic mass is 16.7. The molecule has 124 valence electrons. The van der Waals surface area contributed by atoms with Gasteiger partial charge in [0, 0.05) is 11.1 Å². The molecule has 0 aromatic heterocycles. The van der Waals surface area contributed by atoms with Gasteiger partial charge in [-0.25, -0.2) is 5.43 Å². The molecule has 1 amide bonds. The van der Waals surface area contributed by atoms with Crippen molar-refractivity contribution in [3.8, 4) is 11.5 Å². The minimum Gasteiger partial charge on any atom is -0.454 e. The lowest BCUT2D eigenvalue weighted by Gasteiger charge is -2.07. The van der Waals surface area contributed by atoms with Crippen LogP contribution in [-0.2, 0) is 0 Å². The van der Waals surface area contributed by atoms with Crippen LogP contribution in [0.2, 0.25) is 0 Å². The number of ether oxygens (including phenoxy) is 2. The van der Waals surface area contributed by atoms with Gasteiger partial charge in [0.05, 0.1) is 5.71 Å². The Hall–Kier alpha value is -3.34. The van der Waals surface area contributed by atoms with E-state index >= 15 is 0 Å². The summed E-state index contributed by atoms with van der Waals surface area (Å²) < 4.78 is 10.5. The fourth-order valence-corrected chi connectivity index (χ4v) is 2.84. The SMILES string of the molecule is C/C(=N/NC(=O)c1ccc2c(c1)OCO2)c1cccc2ccccc12. The largest absolute Gasteiger partial charge is 0.454 e. The average molecular weight is 332 g/mol. The van der Waals surface area contributed by atoms with Crippen LogP contribution in [0.5, 0.6) is 11.5 Å². The molecule has 0 saturated carbocycles. The first-order valence-electron chi connectivity index (χ1n) is 7.95. The topological polar surface area (TPSA) is 59.9 Å². The van der Waals surface area contributed by atoms with Gasteiger partial charge in [-0.05, 0) is 35.9 Å². The zero-order chi connectivity index (χ0) is 17.2. The number of fused-ring (bicyclic) bond motifs is 2. The van der Waals surface area contributed by atoms with E-state index in [2.05, 4.69) is 22.7 Å². The van der Waals surface area contributed by atoms with Crippen LogP contribution in [-0.4, -0.2) is 18.4 Å². The first-order valence-corrected chi connectivity index (χ1v) is 7.95. The Morgan fingerprint density at radius 2 is 1.80 bits per heavy atom. The Balaban J connectivity index is 1.57. The summed E-state index contributed by atoms with van der Waals surface area (Å²) in [6.07, 6.45) is 0. The number of rotatable bonds is 3. The van der Waals surface area contributed by atoms with E-state index < -0.39 is 0 Å². The van der Waals surface area contributed by atoms with Crippen molar-refractivity contribution in [2.24, 2.45) is 5.10 Å². The van der Waals surface area contributed by atoms with E-state index in [-0.39, 0.29) is 12.7 Å². The first-order chi connectivity index (χ1) is 12.2. The van der Waals surface area contributed by atoms with Gasteiger partial charge < -0.3 is 9.47 Å². The lowest BCUT2D eigenvalue weighted by molar-refractivity contribution is 0.0954. The molecule has 1 aliphatic heterocycles. The molecule has 0 radical (unpaired) electrons. The maximum absolute atomic E-state index is 12.3. The van der Waals surface area contributed by atoms with Crippen LogP contribution >= 0.6 is 0 Å². The van der Waals surface area contributed by atoms with Crippen LogP contribution < -0.4 is 14.9 Å². The second kappa shape index (κ2) is 6.28. The number of carbonyl (C=O) groups is 1. The normalized spacial score (nSPS) is 13.1. The number of hydrogen-bond acceptors (Lipinski definition) is 4. The molecule has 0 aliphatic carbocycles. The van der Waals surface area contributed by atoms with E-state index in [0.29, 0.717) is 17.1 Å². The van der Waals surface area contributed by atoms with E-state index in [4.69, 9.17) is 9.47 Å². The molecule has 0 fully saturated rings. The predicted molar refractivity (Wildman–Crippen MR) is 96.2 cm³/mol. The monoisotopic (exact) mass is 332 g/mol. The number of amides is 1. The van der Waals surface area contributed by atoms with Gasteiger partial charge in [0.1, 0.15) is 0 Å². The summed E-state index contributed by atoms with van der Waals surface area (Å²) in [7, 11) is 0. The van der Waals surface area contributed by atoms with Crippen molar-refractivity contribution < 1.29 is 14.3 Å². The number of carbonyl (C=O) groups excluding carboxylic acids is 1. The highest BCUT2D eigenvalue weighted by Gasteiger charge is 2.16. The minimum absolute atomic E-state index is 0.179. The van der Waals surface area contributed by atoms with Crippen molar-refractivity contribution in [2.45, 2.75) is 6.92 Å². The number of hydrazone groups is 1. The van der Waals surface area contributed by atoms with E-state index in [1.807, 2.05) is 37.3 Å². The summed E-state index contributed by atoms with van der Waals surface area (Å²) >= 11 is 0. The number of nitrogens with zero attached hydrogens (tertiary/aromatic N) is 1. The van der Waals surface area contributed by atoms with Gasteiger partial charge >= 0.3 is 0 Å². The molecule has 0 saturated heterocycles. The van der Waals surface area contributed by atoms with Gasteiger partial charge in [0.15, 0.2) is 11.5 Å². The highest BCUT2D eigenvalue weighted by Crippen LogP contribution is 2.32. The molecule has 1 N–H and O–H groups in total. The van der Waals surface area contributed by atoms with Crippen LogP contribution in [0.4, 0.5) is 0 Å². The van der Waals surface area contributed by atoms with E-state index in [9.17, 15) is 4.79 Å². The molecule has 0 bridgehead atoms. The summed E-state index contributed by atoms with van der Waals surface area (Å²) in [6.45, 7) is 2.06. The van der Waals surface area contributed by atoms with E-state index in [1.165, 1.54) is 0 Å². The molecule has 4 rings (SSSR count). The smallest absolute Gasteiger partial charge is 0.271 e. The first kappa shape index (κ1) is 15.2. The maximum Gasteiger partial charge on any atom is 0.271 e. The predicted octanol–water partition coefficient (Wildman–Crippen LogP) is 3.72. The molecule has 3 aromatic carbocycles. The third-order valence-corrected chi connectivity index (χ3v) is 4.14. The highest BCUT2D eigenvalue weighted by molar-refractivity contribution is 6.10. The second-order valence-corrected chi connectivity index (χ2v) is 5.73. The summed E-state index contributed by atoms with van der Waals surface area (Å²) in [5.74, 6) is 0.923. The fraction of sp³-hybridized carbons (Fsp3) is 0.100. The van der Waals surface area contributed by atoms with Crippen molar-refractivity contribution in [2.75, 3.05) is 6.79 Å². The fourth-order valence-electron chi connectivity index (χ4n) is 2.84. The van der Waals surface area contributed by atoms with Gasteiger partial charge in [0.2, 0.25) is 6.79 Å². The molecule has 3 aromatic rings. The maximum atomic E-state index is 12.3. The summed E-state index contributed by atoms with van der Waals surface area (Å²) in [4.78, 5) is 12.3. The summed E-state index contributed by atoms with van der Waals surface area (Å²) in [5.41, 5.74) is 4.81. The molecule has 1 heterocycles. The van der Waals surface area contributed by atoms with Crippen molar-refractivity contribution in [1.82, 2.24) is 5.43 Å². The molecule has 0 spiro atoms. The van der Waals surface area contributed by atoms with Gasteiger partial charge in [-0.2, -0.15) is 5.10 Å². The van der Waals surface area contributed by atoms with Crippen LogP contribution in [0.15, 0.2) is 65.8 Å². The van der Waals surface area contributed by atoms with Crippen LogP contribution in [0.3, 0.4) is 0 Å². The molecule has 25 heavy (non-hydrogen) atoms. The average Bonchev–Trinajstić information content (AvgIpc) is 3.13. The Morgan fingerprint density at radius 1 is 1.00 bits per heavy atom. The van der Waals surface area contributed by atoms with Gasteiger partial charge in [-0.15, -0.1) is 0 Å². The van der Waals surface area contributed by atoms with Crippen molar-refractivity contribution >= 4 is 22.4 Å². The van der Waals surface area contributed by atoms with Crippen LogP contribution in [0.25, 0.3) is 10.8 Å². The van der Waals surface area contributed by atoms with Crippen molar-refractivity contribution in [3.63, 3.8) is 0 Å². The quantitative estimate of drug-likeness (QED) is 0.587. The zero-order valence-electron chi connectivity index (χ0n) is 13.7. The van der Waals surface area contributed by atoms with E-state index in [1.54, 1.807) is 18.2 Å².